The minimum absolute atomic E-state index is 0.0254. The van der Waals surface area contributed by atoms with E-state index in [0.717, 1.165) is 0 Å². The van der Waals surface area contributed by atoms with Gasteiger partial charge in [0.15, 0.2) is 0 Å². The lowest BCUT2D eigenvalue weighted by Gasteiger charge is -2.21. The molecule has 0 bridgehead atoms. The fourth-order valence-electron chi connectivity index (χ4n) is 4.19. The van der Waals surface area contributed by atoms with Crippen LogP contribution in [-0.4, -0.2) is 52.0 Å². The molecule has 41 heavy (non-hydrogen) atoms. The molecule has 2 amide bonds. The van der Waals surface area contributed by atoms with Crippen LogP contribution >= 0.6 is 11.6 Å². The van der Waals surface area contributed by atoms with E-state index in [-0.39, 0.29) is 30.2 Å². The van der Waals surface area contributed by atoms with Gasteiger partial charge in [-0.1, -0.05) is 17.7 Å². The summed E-state index contributed by atoms with van der Waals surface area (Å²) in [5, 5.41) is 6.71. The van der Waals surface area contributed by atoms with E-state index in [1.54, 1.807) is 18.2 Å². The Morgan fingerprint density at radius 2 is 1.85 bits per heavy atom. The summed E-state index contributed by atoms with van der Waals surface area (Å²) < 4.78 is 38.8. The van der Waals surface area contributed by atoms with E-state index in [4.69, 9.17) is 26.8 Å². The van der Waals surface area contributed by atoms with Crippen molar-refractivity contribution in [1.82, 2.24) is 19.3 Å². The van der Waals surface area contributed by atoms with Gasteiger partial charge in [0.2, 0.25) is 5.91 Å². The molecular formula is C27H25ClF2N6O5. The number of pyridine rings is 2. The molecule has 0 saturated heterocycles. The summed E-state index contributed by atoms with van der Waals surface area (Å²) in [6.07, 6.45) is 5.25. The molecule has 4 rings (SSSR count). The van der Waals surface area contributed by atoms with Crippen molar-refractivity contribution < 1.29 is 27.8 Å². The van der Waals surface area contributed by atoms with Crippen LogP contribution in [0.2, 0.25) is 5.02 Å². The number of ether oxygens (including phenoxy) is 2. The van der Waals surface area contributed by atoms with Gasteiger partial charge in [-0.3, -0.25) is 19.0 Å². The monoisotopic (exact) mass is 586 g/mol. The van der Waals surface area contributed by atoms with Crippen LogP contribution < -0.4 is 21.3 Å². The number of primary amides is 1. The van der Waals surface area contributed by atoms with Crippen LogP contribution in [0.5, 0.6) is 5.75 Å². The van der Waals surface area contributed by atoms with Gasteiger partial charge in [-0.25, -0.2) is 9.67 Å². The number of hydrogen-bond acceptors (Lipinski definition) is 7. The Morgan fingerprint density at radius 1 is 1.07 bits per heavy atom. The third-order valence-electron chi connectivity index (χ3n) is 6.17. The van der Waals surface area contributed by atoms with Crippen molar-refractivity contribution in [2.45, 2.75) is 19.0 Å². The van der Waals surface area contributed by atoms with Gasteiger partial charge in [0.05, 0.1) is 31.4 Å². The molecule has 1 unspecified atom stereocenters. The maximum absolute atomic E-state index is 13.5. The molecule has 3 heterocycles. The summed E-state index contributed by atoms with van der Waals surface area (Å²) >= 11 is 6.27. The predicted molar refractivity (Wildman–Crippen MR) is 147 cm³/mol. The molecule has 214 valence electrons. The summed E-state index contributed by atoms with van der Waals surface area (Å²) in [4.78, 5) is 42.0. The number of carbonyl (C=O) groups is 2. The number of alkyl halides is 2. The molecule has 3 N–H and O–H groups in total. The molecule has 0 spiro atoms. The lowest BCUT2D eigenvalue weighted by Crippen LogP contribution is -2.34. The summed E-state index contributed by atoms with van der Waals surface area (Å²) in [6, 6.07) is 7.87. The number of carbonyl (C=O) groups excluding carboxylic acids is 2. The number of anilines is 1. The normalized spacial score (nSPS) is 11.9. The lowest BCUT2D eigenvalue weighted by atomic mass is 9.96. The molecule has 0 radical (unpaired) electrons. The number of nitrogens with one attached hydrogen (secondary N) is 1. The van der Waals surface area contributed by atoms with Crippen molar-refractivity contribution in [2.75, 3.05) is 26.1 Å². The highest BCUT2D eigenvalue weighted by atomic mass is 35.5. The molecule has 0 saturated carbocycles. The largest absolute Gasteiger partial charge is 0.495 e. The highest BCUT2D eigenvalue weighted by Crippen LogP contribution is 2.38. The number of nitrogens with zero attached hydrogens (tertiary/aromatic N) is 4. The van der Waals surface area contributed by atoms with Crippen LogP contribution in [0.4, 0.5) is 14.5 Å². The zero-order valence-corrected chi connectivity index (χ0v) is 22.6. The molecule has 1 aromatic carbocycles. The van der Waals surface area contributed by atoms with Crippen LogP contribution in [0.3, 0.4) is 0 Å². The maximum atomic E-state index is 13.5. The molecule has 0 aliphatic rings. The first-order valence-electron chi connectivity index (χ1n) is 12.1. The van der Waals surface area contributed by atoms with Crippen LogP contribution in [0, 0.1) is 0 Å². The van der Waals surface area contributed by atoms with Crippen molar-refractivity contribution in [2.24, 2.45) is 5.73 Å². The van der Waals surface area contributed by atoms with E-state index >= 15 is 0 Å². The molecular weight excluding hydrogens is 562 g/mol. The van der Waals surface area contributed by atoms with Gasteiger partial charge >= 0.3 is 6.55 Å². The van der Waals surface area contributed by atoms with Gasteiger partial charge in [-0.2, -0.15) is 13.9 Å². The van der Waals surface area contributed by atoms with Crippen molar-refractivity contribution in [3.8, 4) is 28.0 Å². The van der Waals surface area contributed by atoms with Gasteiger partial charge in [0.1, 0.15) is 17.5 Å². The Balaban J connectivity index is 1.75. The number of amides is 2. The Labute approximate surface area is 237 Å². The third kappa shape index (κ3) is 6.58. The minimum Gasteiger partial charge on any atom is -0.495 e. The SMILES string of the molecule is COCCC(C(=O)Nc1ccc(C(N)=O)nc1)n1cc(OC)c(-c2cc(Cl)ccc2-c2cnn(C(F)F)c2)cc1=O. The van der Waals surface area contributed by atoms with Gasteiger partial charge < -0.3 is 20.5 Å². The minimum atomic E-state index is -2.83. The van der Waals surface area contributed by atoms with Crippen molar-refractivity contribution >= 4 is 29.1 Å². The molecule has 4 aromatic rings. The molecule has 0 aliphatic carbocycles. The predicted octanol–water partition coefficient (Wildman–Crippen LogP) is 4.15. The molecule has 0 fully saturated rings. The number of benzene rings is 1. The molecule has 0 aliphatic heterocycles. The first-order valence-corrected chi connectivity index (χ1v) is 12.5. The summed E-state index contributed by atoms with van der Waals surface area (Å²) in [5.74, 6) is -1.04. The average molecular weight is 587 g/mol. The highest BCUT2D eigenvalue weighted by Gasteiger charge is 2.25. The first kappa shape index (κ1) is 29.4. The Bertz CT molecular complexity index is 1620. The van der Waals surface area contributed by atoms with Crippen molar-refractivity contribution in [3.05, 3.63) is 82.3 Å². The molecule has 14 heteroatoms. The van der Waals surface area contributed by atoms with Crippen molar-refractivity contribution in [1.29, 1.82) is 0 Å². The van der Waals surface area contributed by atoms with E-state index in [1.807, 2.05) is 0 Å². The fraction of sp³-hybridized carbons (Fsp3) is 0.222. The number of aromatic nitrogens is 4. The van der Waals surface area contributed by atoms with E-state index in [9.17, 15) is 23.2 Å². The standard InChI is InChI=1S/C27H25ClF2N6O5/c1-40-8-7-22(26(39)34-17-4-6-21(25(31)38)32-12-17)35-14-23(41-2)20(10-24(35)37)19-9-16(28)3-5-18(19)15-11-33-36(13-15)27(29)30/h3-6,9-14,22,27H,7-8H2,1-2H3,(H2,31,38)(H,34,39). The zero-order valence-electron chi connectivity index (χ0n) is 21.9. The average Bonchev–Trinajstić information content (AvgIpc) is 3.44. The van der Waals surface area contributed by atoms with Gasteiger partial charge in [0.25, 0.3) is 11.5 Å². The number of halogens is 3. The van der Waals surface area contributed by atoms with Gasteiger partial charge in [0, 0.05) is 48.6 Å². The zero-order chi connectivity index (χ0) is 29.7. The van der Waals surface area contributed by atoms with Crippen LogP contribution in [0.15, 0.2) is 66.0 Å². The Kier molecular flexibility index (Phi) is 9.10. The summed E-state index contributed by atoms with van der Waals surface area (Å²) in [6.45, 7) is -2.68. The number of methoxy groups -OCH3 is 2. The van der Waals surface area contributed by atoms with Gasteiger partial charge in [-0.05, 0) is 35.4 Å². The number of nitrogens with two attached hydrogens (primary N) is 1. The van der Waals surface area contributed by atoms with Gasteiger partial charge in [-0.15, -0.1) is 0 Å². The molecule has 11 nitrogen and oxygen atoms in total. The van der Waals surface area contributed by atoms with Crippen molar-refractivity contribution in [3.63, 3.8) is 0 Å². The number of hydrogen-bond donors (Lipinski definition) is 2. The first-order chi connectivity index (χ1) is 19.6. The Morgan fingerprint density at radius 3 is 2.46 bits per heavy atom. The summed E-state index contributed by atoms with van der Waals surface area (Å²) in [5.41, 5.74) is 6.59. The Hall–Kier alpha value is -4.62. The topological polar surface area (TPSA) is 143 Å². The molecule has 3 aromatic heterocycles. The lowest BCUT2D eigenvalue weighted by molar-refractivity contribution is -0.119. The second-order valence-corrected chi connectivity index (χ2v) is 9.20. The van der Waals surface area contributed by atoms with Crippen LogP contribution in [0.1, 0.15) is 29.5 Å². The van der Waals surface area contributed by atoms with E-state index in [0.29, 0.717) is 32.0 Å². The van der Waals surface area contributed by atoms with E-state index in [1.165, 1.54) is 61.8 Å². The van der Waals surface area contributed by atoms with Crippen LogP contribution in [0.25, 0.3) is 22.3 Å². The van der Waals surface area contributed by atoms with Crippen LogP contribution in [-0.2, 0) is 9.53 Å². The van der Waals surface area contributed by atoms with E-state index in [2.05, 4.69) is 15.4 Å². The second kappa shape index (κ2) is 12.7. The molecule has 1 atom stereocenters. The fourth-order valence-corrected chi connectivity index (χ4v) is 4.36. The maximum Gasteiger partial charge on any atom is 0.333 e. The number of rotatable bonds is 11. The highest BCUT2D eigenvalue weighted by molar-refractivity contribution is 6.31. The second-order valence-electron chi connectivity index (χ2n) is 8.76. The smallest absolute Gasteiger partial charge is 0.333 e. The third-order valence-corrected chi connectivity index (χ3v) is 6.40. The van der Waals surface area contributed by atoms with E-state index < -0.39 is 30.0 Å². The summed E-state index contributed by atoms with van der Waals surface area (Å²) in [7, 11) is 2.85. The quantitative estimate of drug-likeness (QED) is 0.269.